The average Bonchev–Trinajstić information content (AvgIpc) is 2.58. The van der Waals surface area contributed by atoms with E-state index in [1.807, 2.05) is 39.8 Å². The van der Waals surface area contributed by atoms with Crippen LogP contribution in [0.15, 0.2) is 36.4 Å². The third kappa shape index (κ3) is 5.61. The molecule has 2 aromatic rings. The van der Waals surface area contributed by atoms with Crippen molar-refractivity contribution in [1.29, 1.82) is 0 Å². The number of aliphatic carboxylic acids is 1. The zero-order chi connectivity index (χ0) is 18.1. The second-order valence-corrected chi connectivity index (χ2v) is 5.24. The molecule has 0 atom stereocenters. The van der Waals surface area contributed by atoms with Crippen LogP contribution in [0.5, 0.6) is 17.2 Å². The highest BCUT2D eigenvalue weighted by atomic mass is 16.5. The van der Waals surface area contributed by atoms with Crippen LogP contribution in [0.3, 0.4) is 0 Å². The molecule has 0 aliphatic rings. The molecule has 24 heavy (non-hydrogen) atoms. The van der Waals surface area contributed by atoms with Crippen LogP contribution in [0, 0.1) is 6.92 Å². The van der Waals surface area contributed by atoms with Crippen molar-refractivity contribution < 1.29 is 19.7 Å². The summed E-state index contributed by atoms with van der Waals surface area (Å²) in [5.41, 5.74) is 3.04. The molecule has 0 aliphatic heterocycles. The van der Waals surface area contributed by atoms with Gasteiger partial charge in [-0.1, -0.05) is 32.9 Å². The molecule has 0 unspecified atom stereocenters. The van der Waals surface area contributed by atoms with Gasteiger partial charge in [0.2, 0.25) is 0 Å². The van der Waals surface area contributed by atoms with Gasteiger partial charge in [-0.05, 0) is 60.7 Å². The fourth-order valence-electron chi connectivity index (χ4n) is 2.36. The molecule has 2 rings (SSSR count). The molecule has 2 N–H and O–H groups in total. The number of ether oxygens (including phenoxy) is 1. The summed E-state index contributed by atoms with van der Waals surface area (Å²) >= 11 is 0. The summed E-state index contributed by atoms with van der Waals surface area (Å²) in [4.78, 5) is 10.7. The Bertz CT molecular complexity index is 660. The van der Waals surface area contributed by atoms with Crippen molar-refractivity contribution >= 4 is 5.97 Å². The van der Waals surface area contributed by atoms with E-state index in [9.17, 15) is 9.90 Å². The summed E-state index contributed by atoms with van der Waals surface area (Å²) in [6.07, 6.45) is 1.44. The molecule has 0 fully saturated rings. The molecule has 4 nitrogen and oxygen atoms in total. The van der Waals surface area contributed by atoms with Gasteiger partial charge in [-0.3, -0.25) is 4.79 Å². The lowest BCUT2D eigenvalue weighted by Gasteiger charge is -2.15. The normalized spacial score (nSPS) is 9.83. The smallest absolute Gasteiger partial charge is 0.303 e. The standard InChI is InChI=1S/C18H20O4.C2H6/c1-3-14-11-13(4-9-17(20)21)10-12(2)18(14)22-16-7-5-15(19)6-8-16;1-2/h5-8,10-11,19H,3-4,9H2,1-2H3,(H,20,21);1-2H3. The SMILES string of the molecule is CC.CCc1cc(CCC(=O)O)cc(C)c1Oc1ccc(O)cc1. The van der Waals surface area contributed by atoms with Gasteiger partial charge in [0.25, 0.3) is 0 Å². The van der Waals surface area contributed by atoms with E-state index in [1.165, 1.54) is 0 Å². The molecule has 0 spiro atoms. The summed E-state index contributed by atoms with van der Waals surface area (Å²) in [6, 6.07) is 10.6. The fourth-order valence-corrected chi connectivity index (χ4v) is 2.36. The van der Waals surface area contributed by atoms with E-state index in [-0.39, 0.29) is 12.2 Å². The number of carboxylic acid groups (broad SMARTS) is 1. The number of carboxylic acids is 1. The van der Waals surface area contributed by atoms with E-state index >= 15 is 0 Å². The van der Waals surface area contributed by atoms with Gasteiger partial charge in [0.15, 0.2) is 0 Å². The predicted molar refractivity (Wildman–Crippen MR) is 96.0 cm³/mol. The van der Waals surface area contributed by atoms with Gasteiger partial charge >= 0.3 is 5.97 Å². The van der Waals surface area contributed by atoms with Crippen molar-refractivity contribution in [2.45, 2.75) is 47.0 Å². The van der Waals surface area contributed by atoms with Crippen molar-refractivity contribution in [3.8, 4) is 17.2 Å². The minimum Gasteiger partial charge on any atom is -0.508 e. The van der Waals surface area contributed by atoms with Crippen molar-refractivity contribution in [2.75, 3.05) is 0 Å². The van der Waals surface area contributed by atoms with Crippen LogP contribution in [0.2, 0.25) is 0 Å². The van der Waals surface area contributed by atoms with Gasteiger partial charge in [0.1, 0.15) is 17.2 Å². The Morgan fingerprint density at radius 2 is 1.75 bits per heavy atom. The molecule has 130 valence electrons. The molecule has 0 saturated heterocycles. The number of benzene rings is 2. The van der Waals surface area contributed by atoms with E-state index < -0.39 is 5.97 Å². The van der Waals surface area contributed by atoms with Crippen molar-refractivity contribution in [3.05, 3.63) is 53.1 Å². The first-order chi connectivity index (χ1) is 11.5. The van der Waals surface area contributed by atoms with Gasteiger partial charge in [-0.25, -0.2) is 0 Å². The molecular formula is C20H26O4. The monoisotopic (exact) mass is 330 g/mol. The minimum absolute atomic E-state index is 0.126. The van der Waals surface area contributed by atoms with Gasteiger partial charge < -0.3 is 14.9 Å². The van der Waals surface area contributed by atoms with Crippen LogP contribution < -0.4 is 4.74 Å². The van der Waals surface area contributed by atoms with E-state index in [0.29, 0.717) is 12.2 Å². The lowest BCUT2D eigenvalue weighted by Crippen LogP contribution is -2.00. The number of hydrogen-bond donors (Lipinski definition) is 2. The van der Waals surface area contributed by atoms with Gasteiger partial charge in [0, 0.05) is 6.42 Å². The maximum atomic E-state index is 10.7. The summed E-state index contributed by atoms with van der Waals surface area (Å²) in [6.45, 7) is 8.00. The van der Waals surface area contributed by atoms with Gasteiger partial charge in [-0.2, -0.15) is 0 Å². The molecule has 0 saturated carbocycles. The second-order valence-electron chi connectivity index (χ2n) is 5.24. The number of aryl methyl sites for hydroxylation is 3. The second kappa shape index (κ2) is 9.60. The van der Waals surface area contributed by atoms with Crippen molar-refractivity contribution in [3.63, 3.8) is 0 Å². The number of carbonyl (C=O) groups is 1. The number of hydrogen-bond acceptors (Lipinski definition) is 3. The molecule has 0 amide bonds. The number of phenols is 1. The van der Waals surface area contributed by atoms with Crippen molar-refractivity contribution in [2.24, 2.45) is 0 Å². The van der Waals surface area contributed by atoms with Gasteiger partial charge in [0.05, 0.1) is 0 Å². The highest BCUT2D eigenvalue weighted by Gasteiger charge is 2.11. The van der Waals surface area contributed by atoms with Crippen LogP contribution in [0.25, 0.3) is 0 Å². The lowest BCUT2D eigenvalue weighted by molar-refractivity contribution is -0.136. The number of rotatable bonds is 6. The third-order valence-corrected chi connectivity index (χ3v) is 3.48. The number of phenolic OH excluding ortho intramolecular Hbond substituents is 1. The fraction of sp³-hybridized carbons (Fsp3) is 0.350. The van der Waals surface area contributed by atoms with E-state index in [2.05, 4.69) is 0 Å². The quantitative estimate of drug-likeness (QED) is 0.773. The first-order valence-electron chi connectivity index (χ1n) is 8.30. The summed E-state index contributed by atoms with van der Waals surface area (Å²) in [7, 11) is 0. The summed E-state index contributed by atoms with van der Waals surface area (Å²) in [5.74, 6) is 0.866. The molecule has 0 aromatic heterocycles. The zero-order valence-corrected chi connectivity index (χ0v) is 14.8. The molecular weight excluding hydrogens is 304 g/mol. The molecule has 0 radical (unpaired) electrons. The van der Waals surface area contributed by atoms with E-state index in [0.717, 1.165) is 28.9 Å². The lowest BCUT2D eigenvalue weighted by atomic mass is 10.00. The largest absolute Gasteiger partial charge is 0.508 e. The highest BCUT2D eigenvalue weighted by molar-refractivity contribution is 5.67. The highest BCUT2D eigenvalue weighted by Crippen LogP contribution is 2.31. The van der Waals surface area contributed by atoms with E-state index in [4.69, 9.17) is 9.84 Å². The Morgan fingerprint density at radius 1 is 1.12 bits per heavy atom. The summed E-state index contributed by atoms with van der Waals surface area (Å²) in [5, 5.41) is 18.1. The Kier molecular flexibility index (Phi) is 7.83. The Hall–Kier alpha value is -2.49. The molecule has 0 bridgehead atoms. The topological polar surface area (TPSA) is 66.8 Å². The van der Waals surface area contributed by atoms with Crippen molar-refractivity contribution in [1.82, 2.24) is 0 Å². The molecule has 4 heteroatoms. The zero-order valence-electron chi connectivity index (χ0n) is 14.8. The Balaban J connectivity index is 0.00000139. The first kappa shape index (κ1) is 19.6. The average molecular weight is 330 g/mol. The third-order valence-electron chi connectivity index (χ3n) is 3.48. The van der Waals surface area contributed by atoms with Crippen LogP contribution in [-0.4, -0.2) is 16.2 Å². The minimum atomic E-state index is -0.792. The molecule has 0 heterocycles. The van der Waals surface area contributed by atoms with Crippen LogP contribution in [0.4, 0.5) is 0 Å². The Morgan fingerprint density at radius 3 is 2.29 bits per heavy atom. The maximum absolute atomic E-state index is 10.7. The van der Waals surface area contributed by atoms with Crippen LogP contribution in [0.1, 0.15) is 43.9 Å². The number of aromatic hydroxyl groups is 1. The first-order valence-corrected chi connectivity index (χ1v) is 8.30. The van der Waals surface area contributed by atoms with E-state index in [1.54, 1.807) is 24.3 Å². The van der Waals surface area contributed by atoms with Gasteiger partial charge in [-0.15, -0.1) is 0 Å². The van der Waals surface area contributed by atoms with Crippen LogP contribution in [-0.2, 0) is 17.6 Å². The summed E-state index contributed by atoms with van der Waals surface area (Å²) < 4.78 is 5.94. The Labute approximate surface area is 143 Å². The molecule has 0 aliphatic carbocycles. The van der Waals surface area contributed by atoms with Crippen LogP contribution >= 0.6 is 0 Å². The maximum Gasteiger partial charge on any atom is 0.303 e. The molecule has 2 aromatic carbocycles. The predicted octanol–water partition coefficient (Wildman–Crippen LogP) is 5.10.